The fourth-order valence-electron chi connectivity index (χ4n) is 2.11. The van der Waals surface area contributed by atoms with E-state index in [2.05, 4.69) is 59.2 Å². The van der Waals surface area contributed by atoms with Crippen LogP contribution in [0.15, 0.2) is 18.2 Å². The lowest BCUT2D eigenvalue weighted by molar-refractivity contribution is 0.584. The third kappa shape index (κ3) is 3.10. The molecular formula is C16H25. The quantitative estimate of drug-likeness (QED) is 0.673. The van der Waals surface area contributed by atoms with Gasteiger partial charge in [-0.2, -0.15) is 0 Å². The van der Waals surface area contributed by atoms with Crippen molar-refractivity contribution < 1.29 is 0 Å². The van der Waals surface area contributed by atoms with Crippen molar-refractivity contribution in [2.45, 2.75) is 59.3 Å². The van der Waals surface area contributed by atoms with E-state index in [0.717, 1.165) is 6.42 Å². The van der Waals surface area contributed by atoms with Crippen molar-refractivity contribution in [3.05, 3.63) is 41.3 Å². The van der Waals surface area contributed by atoms with Gasteiger partial charge in [-0.25, -0.2) is 0 Å². The zero-order chi connectivity index (χ0) is 12.2. The molecule has 0 heterocycles. The highest BCUT2D eigenvalue weighted by molar-refractivity contribution is 5.43. The van der Waals surface area contributed by atoms with Crippen LogP contribution in [0.3, 0.4) is 0 Å². The Bertz CT molecular complexity index is 328. The van der Waals surface area contributed by atoms with Gasteiger partial charge in [0.05, 0.1) is 0 Å². The highest BCUT2D eigenvalue weighted by atomic mass is 14.2. The molecule has 0 nitrogen and oxygen atoms in total. The smallest absolute Gasteiger partial charge is 0.00873 e. The minimum Gasteiger partial charge on any atom is -0.0654 e. The lowest BCUT2D eigenvalue weighted by atomic mass is 9.80. The molecule has 0 aliphatic rings. The van der Waals surface area contributed by atoms with Gasteiger partial charge in [0.1, 0.15) is 0 Å². The van der Waals surface area contributed by atoms with Crippen LogP contribution in [0, 0.1) is 6.42 Å². The topological polar surface area (TPSA) is 0 Å². The lowest BCUT2D eigenvalue weighted by Gasteiger charge is -2.24. The molecule has 0 bridgehead atoms. The summed E-state index contributed by atoms with van der Waals surface area (Å²) in [5.41, 5.74) is 4.70. The average Bonchev–Trinajstić information content (AvgIpc) is 2.24. The second kappa shape index (κ2) is 5.52. The summed E-state index contributed by atoms with van der Waals surface area (Å²) in [6.07, 6.45) is 5.95. The van der Waals surface area contributed by atoms with Gasteiger partial charge in [-0.1, -0.05) is 59.2 Å². The molecule has 0 unspecified atom stereocenters. The Balaban J connectivity index is 3.15. The van der Waals surface area contributed by atoms with Gasteiger partial charge in [0, 0.05) is 0 Å². The molecule has 0 saturated heterocycles. The normalized spacial score (nSPS) is 11.8. The molecule has 1 radical (unpaired) electrons. The van der Waals surface area contributed by atoms with Crippen molar-refractivity contribution >= 4 is 0 Å². The van der Waals surface area contributed by atoms with Crippen LogP contribution < -0.4 is 0 Å². The van der Waals surface area contributed by atoms with Gasteiger partial charge in [0.2, 0.25) is 0 Å². The highest BCUT2D eigenvalue weighted by Gasteiger charge is 2.18. The molecule has 0 spiro atoms. The van der Waals surface area contributed by atoms with Gasteiger partial charge in [0.15, 0.2) is 0 Å². The van der Waals surface area contributed by atoms with Gasteiger partial charge in [-0.05, 0) is 41.4 Å². The summed E-state index contributed by atoms with van der Waals surface area (Å²) in [6, 6.07) is 6.74. The Morgan fingerprint density at radius 2 is 1.81 bits per heavy atom. The predicted octanol–water partition coefficient (Wildman–Crippen LogP) is 4.90. The molecule has 16 heavy (non-hydrogen) atoms. The number of rotatable bonds is 4. The van der Waals surface area contributed by atoms with Crippen LogP contribution in [0.5, 0.6) is 0 Å². The molecule has 0 amide bonds. The molecule has 0 fully saturated rings. The van der Waals surface area contributed by atoms with E-state index in [-0.39, 0.29) is 5.41 Å². The molecule has 1 aromatic rings. The fourth-order valence-corrected chi connectivity index (χ4v) is 2.11. The van der Waals surface area contributed by atoms with E-state index in [4.69, 9.17) is 0 Å². The van der Waals surface area contributed by atoms with E-state index in [9.17, 15) is 0 Å². The molecule has 1 aromatic carbocycles. The second-order valence-electron chi connectivity index (χ2n) is 5.47. The number of benzene rings is 1. The van der Waals surface area contributed by atoms with Crippen molar-refractivity contribution in [1.82, 2.24) is 0 Å². The maximum atomic E-state index is 2.42. The molecule has 89 valence electrons. The second-order valence-corrected chi connectivity index (χ2v) is 5.47. The van der Waals surface area contributed by atoms with E-state index in [1.165, 1.54) is 29.5 Å². The Labute approximate surface area is 101 Å². The SMILES string of the molecule is CCC[CH]c1c(CC)cccc1C(C)(C)C. The van der Waals surface area contributed by atoms with E-state index < -0.39 is 0 Å². The van der Waals surface area contributed by atoms with Gasteiger partial charge in [0.25, 0.3) is 0 Å². The Hall–Kier alpha value is -0.780. The molecule has 0 N–H and O–H groups in total. The summed E-state index contributed by atoms with van der Waals surface area (Å²) in [5.74, 6) is 0. The Morgan fingerprint density at radius 3 is 2.31 bits per heavy atom. The summed E-state index contributed by atoms with van der Waals surface area (Å²) >= 11 is 0. The third-order valence-electron chi connectivity index (χ3n) is 3.02. The van der Waals surface area contributed by atoms with Crippen LogP contribution in [-0.4, -0.2) is 0 Å². The van der Waals surface area contributed by atoms with Gasteiger partial charge >= 0.3 is 0 Å². The summed E-state index contributed by atoms with van der Waals surface area (Å²) in [6.45, 7) is 11.4. The van der Waals surface area contributed by atoms with Crippen LogP contribution in [0.2, 0.25) is 0 Å². The third-order valence-corrected chi connectivity index (χ3v) is 3.02. The van der Waals surface area contributed by atoms with Gasteiger partial charge in [-0.3, -0.25) is 0 Å². The van der Waals surface area contributed by atoms with Gasteiger partial charge in [-0.15, -0.1) is 0 Å². The highest BCUT2D eigenvalue weighted by Crippen LogP contribution is 2.30. The van der Waals surface area contributed by atoms with Gasteiger partial charge < -0.3 is 0 Å². The van der Waals surface area contributed by atoms with Crippen molar-refractivity contribution in [1.29, 1.82) is 0 Å². The maximum Gasteiger partial charge on any atom is -0.00873 e. The summed E-state index contributed by atoms with van der Waals surface area (Å²) in [4.78, 5) is 0. The van der Waals surface area contributed by atoms with Crippen LogP contribution in [0.4, 0.5) is 0 Å². The van der Waals surface area contributed by atoms with Crippen LogP contribution >= 0.6 is 0 Å². The molecule has 0 saturated carbocycles. The van der Waals surface area contributed by atoms with E-state index >= 15 is 0 Å². The summed E-state index contributed by atoms with van der Waals surface area (Å²) in [7, 11) is 0. The number of hydrogen-bond donors (Lipinski definition) is 0. The van der Waals surface area contributed by atoms with Crippen molar-refractivity contribution in [3.63, 3.8) is 0 Å². The minimum absolute atomic E-state index is 0.241. The first-order chi connectivity index (χ1) is 7.50. The lowest BCUT2D eigenvalue weighted by Crippen LogP contribution is -2.15. The number of unbranched alkanes of at least 4 members (excludes halogenated alkanes) is 1. The Kier molecular flexibility index (Phi) is 4.58. The standard InChI is InChI=1S/C16H25/c1-6-8-11-14-13(7-2)10-9-12-15(14)16(3,4)5/h9-12H,6-8H2,1-5H3. The zero-order valence-corrected chi connectivity index (χ0v) is 11.4. The molecule has 0 heteroatoms. The number of hydrogen-bond acceptors (Lipinski definition) is 0. The monoisotopic (exact) mass is 217 g/mol. The molecule has 1 rings (SSSR count). The van der Waals surface area contributed by atoms with Crippen LogP contribution in [-0.2, 0) is 11.8 Å². The fraction of sp³-hybridized carbons (Fsp3) is 0.562. The Morgan fingerprint density at radius 1 is 1.12 bits per heavy atom. The first kappa shape index (κ1) is 13.3. The van der Waals surface area contributed by atoms with E-state index in [0.29, 0.717) is 0 Å². The van der Waals surface area contributed by atoms with Crippen molar-refractivity contribution in [2.75, 3.05) is 0 Å². The predicted molar refractivity (Wildman–Crippen MR) is 72.8 cm³/mol. The number of aryl methyl sites for hydroxylation is 1. The first-order valence-electron chi connectivity index (χ1n) is 6.46. The largest absolute Gasteiger partial charge is 0.0654 e. The molecule has 0 aliphatic carbocycles. The first-order valence-corrected chi connectivity index (χ1v) is 6.46. The molecular weight excluding hydrogens is 192 g/mol. The average molecular weight is 217 g/mol. The maximum absolute atomic E-state index is 2.42. The van der Waals surface area contributed by atoms with Crippen LogP contribution in [0.1, 0.15) is 64.2 Å². The molecule has 0 aliphatic heterocycles. The van der Waals surface area contributed by atoms with E-state index in [1.807, 2.05) is 0 Å². The van der Waals surface area contributed by atoms with Crippen molar-refractivity contribution in [3.8, 4) is 0 Å². The zero-order valence-electron chi connectivity index (χ0n) is 11.4. The summed E-state index contributed by atoms with van der Waals surface area (Å²) < 4.78 is 0. The van der Waals surface area contributed by atoms with Crippen LogP contribution in [0.25, 0.3) is 0 Å². The van der Waals surface area contributed by atoms with Crippen molar-refractivity contribution in [2.24, 2.45) is 0 Å². The minimum atomic E-state index is 0.241. The molecule has 0 atom stereocenters. The summed E-state index contributed by atoms with van der Waals surface area (Å²) in [5, 5.41) is 0. The van der Waals surface area contributed by atoms with E-state index in [1.54, 1.807) is 0 Å². The molecule has 0 aromatic heterocycles.